The molecule has 5 heteroatoms. The molecule has 1 rings (SSSR count). The fourth-order valence-corrected chi connectivity index (χ4v) is 1.17. The lowest BCUT2D eigenvalue weighted by atomic mass is 10.1. The van der Waals surface area contributed by atoms with E-state index in [9.17, 15) is 4.79 Å². The standard InChI is InChI=1S/C9H16N4O/c1-2-3-4-5-6-8(14)12-9-10-7-11-13-9/h7H,2-6H2,1H3,(H2,10,11,12,13,14). The summed E-state index contributed by atoms with van der Waals surface area (Å²) >= 11 is 0. The highest BCUT2D eigenvalue weighted by Crippen LogP contribution is 2.03. The van der Waals surface area contributed by atoms with Crippen molar-refractivity contribution in [3.05, 3.63) is 6.33 Å². The summed E-state index contributed by atoms with van der Waals surface area (Å²) < 4.78 is 0. The molecule has 0 radical (unpaired) electrons. The Morgan fingerprint density at radius 2 is 2.36 bits per heavy atom. The van der Waals surface area contributed by atoms with Crippen molar-refractivity contribution < 1.29 is 4.79 Å². The van der Waals surface area contributed by atoms with Crippen molar-refractivity contribution in [2.75, 3.05) is 5.32 Å². The van der Waals surface area contributed by atoms with Crippen molar-refractivity contribution in [1.82, 2.24) is 15.2 Å². The Morgan fingerprint density at radius 1 is 1.50 bits per heavy atom. The number of hydrogen-bond acceptors (Lipinski definition) is 3. The average molecular weight is 196 g/mol. The third kappa shape index (κ3) is 4.02. The lowest BCUT2D eigenvalue weighted by Crippen LogP contribution is -2.12. The Bertz CT molecular complexity index is 258. The van der Waals surface area contributed by atoms with Crippen LogP contribution in [-0.2, 0) is 4.79 Å². The summed E-state index contributed by atoms with van der Waals surface area (Å²) in [7, 11) is 0. The number of H-pyrrole nitrogens is 1. The lowest BCUT2D eigenvalue weighted by Gasteiger charge is -2.00. The van der Waals surface area contributed by atoms with E-state index in [0.717, 1.165) is 12.8 Å². The van der Waals surface area contributed by atoms with Crippen LogP contribution in [0.2, 0.25) is 0 Å². The summed E-state index contributed by atoms with van der Waals surface area (Å²) in [6.07, 6.45) is 6.35. The van der Waals surface area contributed by atoms with E-state index in [1.165, 1.54) is 19.2 Å². The number of unbranched alkanes of at least 4 members (excludes halogenated alkanes) is 3. The lowest BCUT2D eigenvalue weighted by molar-refractivity contribution is -0.116. The second-order valence-corrected chi connectivity index (χ2v) is 3.19. The highest BCUT2D eigenvalue weighted by atomic mass is 16.1. The van der Waals surface area contributed by atoms with Crippen molar-refractivity contribution in [3.63, 3.8) is 0 Å². The average Bonchev–Trinajstić information content (AvgIpc) is 2.65. The van der Waals surface area contributed by atoms with E-state index in [-0.39, 0.29) is 5.91 Å². The van der Waals surface area contributed by atoms with E-state index < -0.39 is 0 Å². The van der Waals surface area contributed by atoms with Crippen molar-refractivity contribution in [2.24, 2.45) is 0 Å². The number of carbonyl (C=O) groups excluding carboxylic acids is 1. The zero-order chi connectivity index (χ0) is 10.2. The van der Waals surface area contributed by atoms with Gasteiger partial charge in [-0.1, -0.05) is 26.2 Å². The van der Waals surface area contributed by atoms with Crippen molar-refractivity contribution in [2.45, 2.75) is 39.0 Å². The van der Waals surface area contributed by atoms with E-state index in [0.29, 0.717) is 12.4 Å². The normalized spacial score (nSPS) is 10.1. The van der Waals surface area contributed by atoms with E-state index in [4.69, 9.17) is 0 Å². The molecule has 0 bridgehead atoms. The van der Waals surface area contributed by atoms with Crippen molar-refractivity contribution in [3.8, 4) is 0 Å². The number of hydrogen-bond donors (Lipinski definition) is 2. The maximum atomic E-state index is 11.3. The predicted molar refractivity (Wildman–Crippen MR) is 53.8 cm³/mol. The highest BCUT2D eigenvalue weighted by Gasteiger charge is 2.02. The minimum absolute atomic E-state index is 0.00199. The number of aromatic nitrogens is 3. The molecule has 0 spiro atoms. The van der Waals surface area contributed by atoms with E-state index in [1.807, 2.05) is 0 Å². The molecular formula is C9H16N4O. The maximum Gasteiger partial charge on any atom is 0.226 e. The Morgan fingerprint density at radius 3 is 3.00 bits per heavy atom. The molecule has 1 heterocycles. The van der Waals surface area contributed by atoms with Crippen LogP contribution in [-0.4, -0.2) is 21.1 Å². The second-order valence-electron chi connectivity index (χ2n) is 3.19. The summed E-state index contributed by atoms with van der Waals surface area (Å²) in [6, 6.07) is 0. The van der Waals surface area contributed by atoms with E-state index >= 15 is 0 Å². The zero-order valence-electron chi connectivity index (χ0n) is 8.42. The van der Waals surface area contributed by atoms with Gasteiger partial charge in [-0.05, 0) is 6.42 Å². The number of rotatable bonds is 6. The quantitative estimate of drug-likeness (QED) is 0.680. The van der Waals surface area contributed by atoms with Crippen LogP contribution in [0.3, 0.4) is 0 Å². The van der Waals surface area contributed by atoms with Crippen LogP contribution in [0.4, 0.5) is 5.95 Å². The van der Waals surface area contributed by atoms with Crippen LogP contribution in [0.25, 0.3) is 0 Å². The van der Waals surface area contributed by atoms with Gasteiger partial charge in [-0.2, -0.15) is 10.1 Å². The Hall–Kier alpha value is -1.39. The molecule has 2 N–H and O–H groups in total. The molecular weight excluding hydrogens is 180 g/mol. The van der Waals surface area contributed by atoms with Gasteiger partial charge in [0, 0.05) is 6.42 Å². The molecule has 1 aromatic heterocycles. The molecule has 1 aromatic rings. The summed E-state index contributed by atoms with van der Waals surface area (Å²) in [4.78, 5) is 15.1. The van der Waals surface area contributed by atoms with Crippen LogP contribution in [0, 0.1) is 0 Å². The number of nitrogens with one attached hydrogen (secondary N) is 2. The van der Waals surface area contributed by atoms with Gasteiger partial charge in [0.25, 0.3) is 0 Å². The SMILES string of the molecule is CCCCCCC(=O)Nc1ncn[nH]1. The Balaban J connectivity index is 2.11. The van der Waals surface area contributed by atoms with Gasteiger partial charge in [0.1, 0.15) is 6.33 Å². The molecule has 0 saturated heterocycles. The van der Waals surface area contributed by atoms with E-state index in [1.54, 1.807) is 0 Å². The molecule has 0 aliphatic heterocycles. The van der Waals surface area contributed by atoms with Crippen LogP contribution >= 0.6 is 0 Å². The number of amides is 1. The molecule has 0 atom stereocenters. The summed E-state index contributed by atoms with van der Waals surface area (Å²) in [5.74, 6) is 0.420. The first-order valence-electron chi connectivity index (χ1n) is 4.98. The minimum Gasteiger partial charge on any atom is -0.295 e. The third-order valence-electron chi connectivity index (χ3n) is 1.93. The molecule has 0 saturated carbocycles. The minimum atomic E-state index is -0.00199. The number of nitrogens with zero attached hydrogens (tertiary/aromatic N) is 2. The Labute approximate surface area is 83.3 Å². The highest BCUT2D eigenvalue weighted by molar-refractivity contribution is 5.88. The van der Waals surface area contributed by atoms with Gasteiger partial charge in [0.15, 0.2) is 0 Å². The fourth-order valence-electron chi connectivity index (χ4n) is 1.17. The number of anilines is 1. The molecule has 0 fully saturated rings. The number of carbonyl (C=O) groups is 1. The number of aromatic amines is 1. The summed E-state index contributed by atoms with van der Waals surface area (Å²) in [6.45, 7) is 2.15. The van der Waals surface area contributed by atoms with Gasteiger partial charge < -0.3 is 0 Å². The monoisotopic (exact) mass is 196 g/mol. The van der Waals surface area contributed by atoms with Gasteiger partial charge in [-0.25, -0.2) is 5.10 Å². The van der Waals surface area contributed by atoms with Crippen LogP contribution in [0.1, 0.15) is 39.0 Å². The van der Waals surface area contributed by atoms with Gasteiger partial charge in [-0.3, -0.25) is 10.1 Å². The van der Waals surface area contributed by atoms with Gasteiger partial charge in [0.05, 0.1) is 0 Å². The van der Waals surface area contributed by atoms with Gasteiger partial charge in [-0.15, -0.1) is 0 Å². The summed E-state index contributed by atoms with van der Waals surface area (Å²) in [5.41, 5.74) is 0. The van der Waals surface area contributed by atoms with Crippen LogP contribution in [0.15, 0.2) is 6.33 Å². The van der Waals surface area contributed by atoms with Gasteiger partial charge in [0.2, 0.25) is 11.9 Å². The maximum absolute atomic E-state index is 11.3. The molecule has 5 nitrogen and oxygen atoms in total. The van der Waals surface area contributed by atoms with Crippen molar-refractivity contribution in [1.29, 1.82) is 0 Å². The molecule has 1 amide bonds. The first-order chi connectivity index (χ1) is 6.83. The van der Waals surface area contributed by atoms with Crippen LogP contribution in [0.5, 0.6) is 0 Å². The molecule has 0 aliphatic rings. The third-order valence-corrected chi connectivity index (χ3v) is 1.93. The molecule has 0 aromatic carbocycles. The second kappa shape index (κ2) is 6.12. The largest absolute Gasteiger partial charge is 0.295 e. The molecule has 0 unspecified atom stereocenters. The molecule has 14 heavy (non-hydrogen) atoms. The van der Waals surface area contributed by atoms with E-state index in [2.05, 4.69) is 27.4 Å². The Kier molecular flexibility index (Phi) is 4.68. The van der Waals surface area contributed by atoms with Gasteiger partial charge >= 0.3 is 0 Å². The summed E-state index contributed by atoms with van der Waals surface area (Å²) in [5, 5.41) is 8.84. The first-order valence-corrected chi connectivity index (χ1v) is 4.98. The fraction of sp³-hybridized carbons (Fsp3) is 0.667. The predicted octanol–water partition coefficient (Wildman–Crippen LogP) is 1.71. The zero-order valence-corrected chi connectivity index (χ0v) is 8.42. The first kappa shape index (κ1) is 10.7. The topological polar surface area (TPSA) is 70.7 Å². The van der Waals surface area contributed by atoms with Crippen LogP contribution < -0.4 is 5.32 Å². The smallest absolute Gasteiger partial charge is 0.226 e. The molecule has 0 aliphatic carbocycles. The molecule has 78 valence electrons. The van der Waals surface area contributed by atoms with Crippen molar-refractivity contribution >= 4 is 11.9 Å².